The Morgan fingerprint density at radius 2 is 2.00 bits per heavy atom. The number of nitrogens with zero attached hydrogens (tertiary/aromatic N) is 3. The first kappa shape index (κ1) is 12.5. The fourth-order valence-corrected chi connectivity index (χ4v) is 2.16. The molecule has 0 aliphatic carbocycles. The summed E-state index contributed by atoms with van der Waals surface area (Å²) < 4.78 is 0. The van der Waals surface area contributed by atoms with E-state index in [1.54, 1.807) is 0 Å². The van der Waals surface area contributed by atoms with Crippen molar-refractivity contribution in [2.45, 2.75) is 6.42 Å². The summed E-state index contributed by atoms with van der Waals surface area (Å²) in [6.07, 6.45) is 0.934. The van der Waals surface area contributed by atoms with E-state index in [9.17, 15) is 0 Å². The smallest absolute Gasteiger partial charge is 0.170 e. The standard InChI is InChI=1S/C13H11BrN4/c14-6-3-7-18-12-5-2-1-4-11(12)17-13(18)10(8-15)9-16/h1-2,4-5,17H,3,6-7H2. The van der Waals surface area contributed by atoms with Gasteiger partial charge in [-0.25, -0.2) is 0 Å². The molecule has 1 heterocycles. The third-order valence-electron chi connectivity index (χ3n) is 2.69. The lowest BCUT2D eigenvalue weighted by Crippen LogP contribution is -2.23. The van der Waals surface area contributed by atoms with Gasteiger partial charge in [0.2, 0.25) is 0 Å². The van der Waals surface area contributed by atoms with Crippen LogP contribution in [0, 0.1) is 22.7 Å². The Hall–Kier alpha value is -1.98. The van der Waals surface area contributed by atoms with Crippen LogP contribution in [0.5, 0.6) is 0 Å². The van der Waals surface area contributed by atoms with Crippen molar-refractivity contribution in [3.05, 3.63) is 35.7 Å². The van der Waals surface area contributed by atoms with Crippen molar-refractivity contribution in [1.29, 1.82) is 10.5 Å². The molecule has 1 aromatic carbocycles. The summed E-state index contributed by atoms with van der Waals surface area (Å²) in [5, 5.41) is 22.0. The highest BCUT2D eigenvalue weighted by molar-refractivity contribution is 9.09. The number of nitrogens with one attached hydrogen (secondary N) is 1. The van der Waals surface area contributed by atoms with Crippen LogP contribution in [-0.2, 0) is 0 Å². The van der Waals surface area contributed by atoms with E-state index in [4.69, 9.17) is 10.5 Å². The van der Waals surface area contributed by atoms with Gasteiger partial charge in [0.05, 0.1) is 11.4 Å². The van der Waals surface area contributed by atoms with Gasteiger partial charge in [0, 0.05) is 11.9 Å². The van der Waals surface area contributed by atoms with Crippen molar-refractivity contribution < 1.29 is 0 Å². The first-order valence-electron chi connectivity index (χ1n) is 5.56. The molecule has 1 aliphatic rings. The van der Waals surface area contributed by atoms with Crippen LogP contribution in [0.3, 0.4) is 0 Å². The van der Waals surface area contributed by atoms with Gasteiger partial charge in [-0.1, -0.05) is 28.1 Å². The second kappa shape index (κ2) is 5.57. The minimum Gasteiger partial charge on any atom is -0.338 e. The number of halogens is 1. The summed E-state index contributed by atoms with van der Waals surface area (Å²) in [6, 6.07) is 11.7. The molecular formula is C13H11BrN4. The fourth-order valence-electron chi connectivity index (χ4n) is 1.91. The summed E-state index contributed by atoms with van der Waals surface area (Å²) in [5.41, 5.74) is 2.06. The van der Waals surface area contributed by atoms with Gasteiger partial charge in [0.15, 0.2) is 5.57 Å². The largest absolute Gasteiger partial charge is 0.338 e. The van der Waals surface area contributed by atoms with E-state index in [0.29, 0.717) is 5.82 Å². The lowest BCUT2D eigenvalue weighted by atomic mass is 10.2. The van der Waals surface area contributed by atoms with Crippen molar-refractivity contribution in [3.8, 4) is 12.1 Å². The van der Waals surface area contributed by atoms with E-state index in [1.807, 2.05) is 41.3 Å². The van der Waals surface area contributed by atoms with Gasteiger partial charge in [-0.15, -0.1) is 0 Å². The van der Waals surface area contributed by atoms with Crippen molar-refractivity contribution in [1.82, 2.24) is 0 Å². The summed E-state index contributed by atoms with van der Waals surface area (Å²) in [7, 11) is 0. The maximum absolute atomic E-state index is 9.00. The molecule has 90 valence electrons. The van der Waals surface area contributed by atoms with Gasteiger partial charge >= 0.3 is 0 Å². The Kier molecular flexibility index (Phi) is 3.86. The molecule has 0 bridgehead atoms. The van der Waals surface area contributed by atoms with Crippen LogP contribution in [0.1, 0.15) is 6.42 Å². The normalized spacial score (nSPS) is 12.4. The first-order chi connectivity index (χ1) is 8.81. The van der Waals surface area contributed by atoms with Gasteiger partial charge in [0.1, 0.15) is 18.0 Å². The van der Waals surface area contributed by atoms with Crippen LogP contribution in [0.15, 0.2) is 35.7 Å². The summed E-state index contributed by atoms with van der Waals surface area (Å²) >= 11 is 3.39. The Morgan fingerprint density at radius 3 is 2.67 bits per heavy atom. The highest BCUT2D eigenvalue weighted by Gasteiger charge is 2.25. The van der Waals surface area contributed by atoms with Crippen LogP contribution in [0.25, 0.3) is 0 Å². The molecule has 18 heavy (non-hydrogen) atoms. The number of nitriles is 2. The molecule has 1 aromatic rings. The summed E-state index contributed by atoms with van der Waals surface area (Å²) in [5.74, 6) is 0.585. The summed E-state index contributed by atoms with van der Waals surface area (Å²) in [4.78, 5) is 1.98. The average Bonchev–Trinajstić information content (AvgIpc) is 2.76. The summed E-state index contributed by atoms with van der Waals surface area (Å²) in [6.45, 7) is 0.761. The molecule has 4 nitrogen and oxygen atoms in total. The van der Waals surface area contributed by atoms with Gasteiger partial charge in [-0.3, -0.25) is 0 Å². The number of anilines is 2. The molecule has 5 heteroatoms. The second-order valence-corrected chi connectivity index (χ2v) is 4.58. The number of hydrogen-bond donors (Lipinski definition) is 1. The third-order valence-corrected chi connectivity index (χ3v) is 3.25. The zero-order valence-electron chi connectivity index (χ0n) is 9.65. The molecule has 0 atom stereocenters. The van der Waals surface area contributed by atoms with E-state index >= 15 is 0 Å². The van der Waals surface area contributed by atoms with Gasteiger partial charge in [-0.05, 0) is 18.6 Å². The predicted octanol–water partition coefficient (Wildman–Crippen LogP) is 2.96. The molecule has 1 N–H and O–H groups in total. The van der Waals surface area contributed by atoms with Crippen LogP contribution in [0.2, 0.25) is 0 Å². The van der Waals surface area contributed by atoms with Crippen LogP contribution in [-0.4, -0.2) is 11.9 Å². The molecule has 0 amide bonds. The molecular weight excluding hydrogens is 292 g/mol. The lowest BCUT2D eigenvalue weighted by molar-refractivity contribution is 0.876. The molecule has 0 saturated heterocycles. The van der Waals surface area contributed by atoms with Crippen LogP contribution < -0.4 is 10.2 Å². The van der Waals surface area contributed by atoms with Crippen molar-refractivity contribution in [2.24, 2.45) is 0 Å². The fraction of sp³-hybridized carbons (Fsp3) is 0.231. The van der Waals surface area contributed by atoms with Gasteiger partial charge in [-0.2, -0.15) is 10.5 Å². The molecule has 1 aliphatic heterocycles. The maximum Gasteiger partial charge on any atom is 0.170 e. The number of hydrogen-bond acceptors (Lipinski definition) is 4. The number of allylic oxidation sites excluding steroid dienone is 1. The van der Waals surface area contributed by atoms with E-state index in [-0.39, 0.29) is 5.57 Å². The first-order valence-corrected chi connectivity index (χ1v) is 6.68. The zero-order valence-corrected chi connectivity index (χ0v) is 11.2. The number of benzene rings is 1. The molecule has 0 fully saturated rings. The Balaban J connectivity index is 2.44. The number of alkyl halides is 1. The number of fused-ring (bicyclic) bond motifs is 1. The van der Waals surface area contributed by atoms with E-state index in [1.165, 1.54) is 0 Å². The van der Waals surface area contributed by atoms with Crippen LogP contribution in [0.4, 0.5) is 11.4 Å². The van der Waals surface area contributed by atoms with Gasteiger partial charge in [0.25, 0.3) is 0 Å². The van der Waals surface area contributed by atoms with Crippen molar-refractivity contribution >= 4 is 27.3 Å². The molecule has 0 spiro atoms. The SMILES string of the molecule is N#CC(C#N)=C1Nc2ccccc2N1CCCBr. The van der Waals surface area contributed by atoms with E-state index < -0.39 is 0 Å². The predicted molar refractivity (Wildman–Crippen MR) is 74.1 cm³/mol. The Bertz CT molecular complexity index is 549. The number of rotatable bonds is 3. The van der Waals surface area contributed by atoms with Crippen molar-refractivity contribution in [3.63, 3.8) is 0 Å². The Morgan fingerprint density at radius 1 is 1.28 bits per heavy atom. The van der Waals surface area contributed by atoms with Gasteiger partial charge < -0.3 is 10.2 Å². The molecule has 0 radical (unpaired) electrons. The molecule has 0 unspecified atom stereocenters. The maximum atomic E-state index is 9.00. The van der Waals surface area contributed by atoms with Crippen LogP contribution >= 0.6 is 15.9 Å². The third kappa shape index (κ3) is 2.18. The van der Waals surface area contributed by atoms with Crippen molar-refractivity contribution in [2.75, 3.05) is 22.1 Å². The zero-order chi connectivity index (χ0) is 13.0. The minimum absolute atomic E-state index is 0.112. The quantitative estimate of drug-likeness (QED) is 0.689. The van der Waals surface area contributed by atoms with E-state index in [2.05, 4.69) is 21.2 Å². The Labute approximate surface area is 114 Å². The molecule has 0 saturated carbocycles. The molecule has 0 aromatic heterocycles. The minimum atomic E-state index is 0.112. The highest BCUT2D eigenvalue weighted by atomic mass is 79.9. The average molecular weight is 303 g/mol. The lowest BCUT2D eigenvalue weighted by Gasteiger charge is -2.19. The second-order valence-electron chi connectivity index (χ2n) is 3.78. The number of para-hydroxylation sites is 2. The van der Waals surface area contributed by atoms with E-state index in [0.717, 1.165) is 29.7 Å². The topological polar surface area (TPSA) is 62.9 Å². The highest BCUT2D eigenvalue weighted by Crippen LogP contribution is 2.37. The monoisotopic (exact) mass is 302 g/mol. The molecule has 2 rings (SSSR count).